The quantitative estimate of drug-likeness (QED) is 0.838. The lowest BCUT2D eigenvalue weighted by atomic mass is 9.82. The molecule has 4 heteroatoms. The summed E-state index contributed by atoms with van der Waals surface area (Å²) in [7, 11) is 0. The maximum absolute atomic E-state index is 6.17. The summed E-state index contributed by atoms with van der Waals surface area (Å²) >= 11 is 12.3. The zero-order chi connectivity index (χ0) is 12.6. The second-order valence-electron chi connectivity index (χ2n) is 5.45. The third-order valence-electron chi connectivity index (χ3n) is 4.12. The molecule has 2 aliphatic rings. The number of hydrogen-bond donors (Lipinski definition) is 1. The van der Waals surface area contributed by atoms with Crippen LogP contribution in [0.2, 0.25) is 10.0 Å². The smallest absolute Gasteiger partial charge is 0.0636 e. The van der Waals surface area contributed by atoms with E-state index < -0.39 is 0 Å². The highest BCUT2D eigenvalue weighted by Crippen LogP contribution is 2.42. The van der Waals surface area contributed by atoms with E-state index in [-0.39, 0.29) is 0 Å². The molecule has 1 N–H and O–H groups in total. The van der Waals surface area contributed by atoms with Crippen LogP contribution in [0.4, 0.5) is 0 Å². The maximum Gasteiger partial charge on any atom is 0.0636 e. The number of nitrogens with zero attached hydrogens (tertiary/aromatic N) is 1. The minimum atomic E-state index is 0.455. The van der Waals surface area contributed by atoms with Crippen molar-refractivity contribution in [1.29, 1.82) is 0 Å². The van der Waals surface area contributed by atoms with Gasteiger partial charge in [-0.05, 0) is 36.7 Å². The van der Waals surface area contributed by atoms with Crippen LogP contribution < -0.4 is 5.32 Å². The average Bonchev–Trinajstić information content (AvgIpc) is 2.96. The van der Waals surface area contributed by atoms with Crippen molar-refractivity contribution in [2.75, 3.05) is 6.54 Å². The van der Waals surface area contributed by atoms with Gasteiger partial charge in [0, 0.05) is 25.0 Å². The molecule has 1 aromatic heterocycles. The molecular formula is C14H16Cl2N2. The minimum absolute atomic E-state index is 0.455. The molecular weight excluding hydrogens is 267 g/mol. The van der Waals surface area contributed by atoms with Gasteiger partial charge in [0.2, 0.25) is 0 Å². The molecule has 2 heterocycles. The highest BCUT2D eigenvalue weighted by molar-refractivity contribution is 6.35. The number of hydrogen-bond acceptors (Lipinski definition) is 2. The Labute approximate surface area is 117 Å². The van der Waals surface area contributed by atoms with E-state index in [2.05, 4.69) is 22.5 Å². The Morgan fingerprint density at radius 3 is 2.56 bits per heavy atom. The first-order valence-corrected chi connectivity index (χ1v) is 7.10. The van der Waals surface area contributed by atoms with Crippen molar-refractivity contribution < 1.29 is 0 Å². The highest BCUT2D eigenvalue weighted by atomic mass is 35.5. The van der Waals surface area contributed by atoms with Gasteiger partial charge in [0.05, 0.1) is 10.0 Å². The summed E-state index contributed by atoms with van der Waals surface area (Å²) in [4.78, 5) is 4.00. The van der Waals surface area contributed by atoms with Gasteiger partial charge in [0.25, 0.3) is 0 Å². The minimum Gasteiger partial charge on any atom is -0.313 e. The lowest BCUT2D eigenvalue weighted by molar-refractivity contribution is 0.342. The van der Waals surface area contributed by atoms with Crippen LogP contribution in [0.25, 0.3) is 0 Å². The average molecular weight is 283 g/mol. The van der Waals surface area contributed by atoms with Crippen molar-refractivity contribution >= 4 is 23.2 Å². The predicted molar refractivity (Wildman–Crippen MR) is 75.2 cm³/mol. The van der Waals surface area contributed by atoms with Crippen molar-refractivity contribution in [3.8, 4) is 0 Å². The number of nitrogens with one attached hydrogen (secondary N) is 1. The summed E-state index contributed by atoms with van der Waals surface area (Å²) in [6.07, 6.45) is 12.4. The van der Waals surface area contributed by atoms with Crippen LogP contribution in [-0.4, -0.2) is 17.6 Å². The summed E-state index contributed by atoms with van der Waals surface area (Å²) in [5, 5.41) is 4.97. The first-order valence-electron chi connectivity index (χ1n) is 6.35. The van der Waals surface area contributed by atoms with Crippen LogP contribution in [0.5, 0.6) is 0 Å². The van der Waals surface area contributed by atoms with Crippen LogP contribution in [0.3, 0.4) is 0 Å². The number of aromatic nitrogens is 1. The van der Waals surface area contributed by atoms with Gasteiger partial charge < -0.3 is 5.32 Å². The second kappa shape index (κ2) is 4.84. The van der Waals surface area contributed by atoms with Crippen molar-refractivity contribution in [3.05, 3.63) is 40.2 Å². The second-order valence-corrected chi connectivity index (χ2v) is 6.26. The van der Waals surface area contributed by atoms with E-state index in [1.807, 2.05) is 0 Å². The molecule has 18 heavy (non-hydrogen) atoms. The van der Waals surface area contributed by atoms with E-state index in [0.717, 1.165) is 18.5 Å². The molecule has 1 atom stereocenters. The Morgan fingerprint density at radius 2 is 1.89 bits per heavy atom. The predicted octanol–water partition coefficient (Wildman–Crippen LogP) is 3.63. The van der Waals surface area contributed by atoms with Gasteiger partial charge in [0.15, 0.2) is 0 Å². The largest absolute Gasteiger partial charge is 0.313 e. The molecule has 1 aliphatic heterocycles. The number of rotatable bonds is 2. The zero-order valence-corrected chi connectivity index (χ0v) is 11.6. The maximum atomic E-state index is 6.17. The van der Waals surface area contributed by atoms with Gasteiger partial charge in [0.1, 0.15) is 0 Å². The summed E-state index contributed by atoms with van der Waals surface area (Å²) in [6, 6.07) is 0.474. The fourth-order valence-corrected chi connectivity index (χ4v) is 3.63. The monoisotopic (exact) mass is 282 g/mol. The zero-order valence-electron chi connectivity index (χ0n) is 10.1. The fourth-order valence-electron chi connectivity index (χ4n) is 3.11. The van der Waals surface area contributed by atoms with Gasteiger partial charge in [-0.3, -0.25) is 4.98 Å². The molecule has 0 saturated carbocycles. The van der Waals surface area contributed by atoms with E-state index in [9.17, 15) is 0 Å². The Hall–Kier alpha value is -0.570. The first-order chi connectivity index (χ1) is 8.69. The Bertz CT molecular complexity index is 456. The molecule has 0 amide bonds. The van der Waals surface area contributed by atoms with Gasteiger partial charge in [-0.2, -0.15) is 0 Å². The third-order valence-corrected chi connectivity index (χ3v) is 4.77. The van der Waals surface area contributed by atoms with E-state index in [0.29, 0.717) is 21.5 Å². The van der Waals surface area contributed by atoms with Gasteiger partial charge >= 0.3 is 0 Å². The molecule has 3 rings (SSSR count). The summed E-state index contributed by atoms with van der Waals surface area (Å²) < 4.78 is 0. The first kappa shape index (κ1) is 12.5. The number of halogens is 2. The van der Waals surface area contributed by atoms with Crippen molar-refractivity contribution in [2.24, 2.45) is 5.41 Å². The highest BCUT2D eigenvalue weighted by Gasteiger charge is 2.39. The van der Waals surface area contributed by atoms with Gasteiger partial charge in [-0.15, -0.1) is 0 Å². The molecule has 1 aliphatic carbocycles. The summed E-state index contributed by atoms with van der Waals surface area (Å²) in [5.74, 6) is 0. The van der Waals surface area contributed by atoms with E-state index in [4.69, 9.17) is 23.2 Å². The van der Waals surface area contributed by atoms with Crippen molar-refractivity contribution in [1.82, 2.24) is 10.3 Å². The van der Waals surface area contributed by atoms with Gasteiger partial charge in [-0.1, -0.05) is 35.4 Å². The fraction of sp³-hybridized carbons (Fsp3) is 0.500. The molecule has 0 aromatic carbocycles. The molecule has 1 saturated heterocycles. The summed E-state index contributed by atoms with van der Waals surface area (Å²) in [5.41, 5.74) is 1.48. The molecule has 0 radical (unpaired) electrons. The van der Waals surface area contributed by atoms with Crippen LogP contribution in [0, 0.1) is 5.41 Å². The van der Waals surface area contributed by atoms with Crippen LogP contribution >= 0.6 is 23.2 Å². The van der Waals surface area contributed by atoms with Crippen LogP contribution in [-0.2, 0) is 6.42 Å². The Kier molecular flexibility index (Phi) is 3.35. The molecule has 0 unspecified atom stereocenters. The normalized spacial score (nSPS) is 25.1. The lowest BCUT2D eigenvalue weighted by Crippen LogP contribution is -2.24. The summed E-state index contributed by atoms with van der Waals surface area (Å²) in [6.45, 7) is 1.10. The van der Waals surface area contributed by atoms with Crippen LogP contribution in [0.15, 0.2) is 24.5 Å². The van der Waals surface area contributed by atoms with Crippen LogP contribution in [0.1, 0.15) is 24.8 Å². The van der Waals surface area contributed by atoms with E-state index in [1.54, 1.807) is 12.4 Å². The molecule has 1 spiro atoms. The topological polar surface area (TPSA) is 24.9 Å². The van der Waals surface area contributed by atoms with Crippen molar-refractivity contribution in [3.63, 3.8) is 0 Å². The molecule has 1 fully saturated rings. The number of pyridine rings is 1. The van der Waals surface area contributed by atoms with Gasteiger partial charge in [-0.25, -0.2) is 0 Å². The molecule has 1 aromatic rings. The van der Waals surface area contributed by atoms with Crippen molar-refractivity contribution in [2.45, 2.75) is 31.7 Å². The lowest BCUT2D eigenvalue weighted by Gasteiger charge is -2.21. The molecule has 0 bridgehead atoms. The molecule has 96 valence electrons. The third kappa shape index (κ3) is 2.29. The Morgan fingerprint density at radius 1 is 1.22 bits per heavy atom. The number of allylic oxidation sites excluding steroid dienone is 2. The van der Waals surface area contributed by atoms with E-state index in [1.165, 1.54) is 19.3 Å². The SMILES string of the molecule is Clc1cncc(Cl)c1C[C@H]1CC2(CC=CC2)CN1. The van der Waals surface area contributed by atoms with E-state index >= 15 is 0 Å². The Balaban J connectivity index is 1.71. The molecule has 2 nitrogen and oxygen atoms in total. The standard InChI is InChI=1S/C14H16Cl2N2/c15-12-7-17-8-13(16)11(12)5-10-6-14(9-18-10)3-1-2-4-14/h1-2,7-8,10,18H,3-6,9H2/t10-/m0/s1.